The Hall–Kier alpha value is -0.920. The Morgan fingerprint density at radius 3 is 2.65 bits per heavy atom. The molecule has 0 spiro atoms. The second kappa shape index (κ2) is 7.75. The monoisotopic (exact) mass is 362 g/mol. The van der Waals surface area contributed by atoms with E-state index in [2.05, 4.69) is 21.2 Å². The molecule has 7 heteroatoms. The fourth-order valence-corrected chi connectivity index (χ4v) is 3.58. The number of carbonyl (C=O) groups is 2. The minimum Gasteiger partial charge on any atom is -0.480 e. The average Bonchev–Trinajstić information content (AvgIpc) is 2.65. The van der Waals surface area contributed by atoms with E-state index in [1.807, 2.05) is 17.9 Å². The van der Waals surface area contributed by atoms with Gasteiger partial charge in [-0.1, -0.05) is 0 Å². The van der Waals surface area contributed by atoms with Crippen LogP contribution in [-0.4, -0.2) is 41.0 Å². The number of carbonyl (C=O) groups excluding carboxylic acids is 1. The van der Waals surface area contributed by atoms with Gasteiger partial charge in [-0.2, -0.15) is 0 Å². The van der Waals surface area contributed by atoms with Crippen LogP contribution in [-0.2, 0) is 16.1 Å². The Kier molecular flexibility index (Phi) is 6.64. The van der Waals surface area contributed by atoms with Crippen molar-refractivity contribution in [2.75, 3.05) is 13.1 Å². The fourth-order valence-electron chi connectivity index (χ4n) is 1.77. The van der Waals surface area contributed by atoms with Crippen LogP contribution < -0.4 is 5.32 Å². The summed E-state index contributed by atoms with van der Waals surface area (Å²) >= 11 is 5.13. The molecule has 1 atom stereocenters. The molecule has 1 unspecified atom stereocenters. The van der Waals surface area contributed by atoms with Crippen LogP contribution in [0.25, 0.3) is 0 Å². The lowest BCUT2D eigenvalue weighted by Crippen LogP contribution is -2.42. The smallest absolute Gasteiger partial charge is 0.320 e. The Morgan fingerprint density at radius 2 is 2.20 bits per heavy atom. The van der Waals surface area contributed by atoms with Crippen molar-refractivity contribution >= 4 is 39.1 Å². The van der Waals surface area contributed by atoms with Gasteiger partial charge in [0, 0.05) is 40.8 Å². The van der Waals surface area contributed by atoms with E-state index >= 15 is 0 Å². The van der Waals surface area contributed by atoms with Gasteiger partial charge >= 0.3 is 5.97 Å². The number of carboxylic acid groups (broad SMARTS) is 1. The molecule has 2 N–H and O–H groups in total. The largest absolute Gasteiger partial charge is 0.480 e. The molecular weight excluding hydrogens is 344 g/mol. The second-order valence-corrected chi connectivity index (χ2v) is 6.79. The first kappa shape index (κ1) is 17.1. The standard InChI is InChI=1S/C13H19BrN2O3S/c1-8-6-11(14)12(20-8)7-16(9(2)13(18)19)5-4-15-10(3)17/h6,9H,4-5,7H2,1-3H3,(H,15,17)(H,18,19). The second-order valence-electron chi connectivity index (χ2n) is 4.60. The predicted octanol–water partition coefficient (Wildman–Crippen LogP) is 2.23. The number of carboxylic acids is 1. The third-order valence-electron chi connectivity index (χ3n) is 2.91. The highest BCUT2D eigenvalue weighted by Crippen LogP contribution is 2.28. The summed E-state index contributed by atoms with van der Waals surface area (Å²) in [6.45, 7) is 6.60. The van der Waals surface area contributed by atoms with E-state index in [9.17, 15) is 14.7 Å². The van der Waals surface area contributed by atoms with Crippen molar-refractivity contribution in [1.29, 1.82) is 0 Å². The predicted molar refractivity (Wildman–Crippen MR) is 82.9 cm³/mol. The summed E-state index contributed by atoms with van der Waals surface area (Å²) in [7, 11) is 0. The quantitative estimate of drug-likeness (QED) is 0.780. The van der Waals surface area contributed by atoms with Gasteiger partial charge in [0.15, 0.2) is 0 Å². The van der Waals surface area contributed by atoms with E-state index < -0.39 is 12.0 Å². The molecule has 0 aliphatic rings. The molecule has 0 saturated carbocycles. The lowest BCUT2D eigenvalue weighted by Gasteiger charge is -2.26. The molecule has 20 heavy (non-hydrogen) atoms. The van der Waals surface area contributed by atoms with E-state index in [1.54, 1.807) is 18.3 Å². The van der Waals surface area contributed by atoms with Gasteiger partial charge in [0.25, 0.3) is 0 Å². The first-order chi connectivity index (χ1) is 9.31. The van der Waals surface area contributed by atoms with Gasteiger partial charge in [-0.3, -0.25) is 14.5 Å². The lowest BCUT2D eigenvalue weighted by atomic mass is 10.2. The molecule has 112 valence electrons. The van der Waals surface area contributed by atoms with E-state index in [1.165, 1.54) is 11.8 Å². The van der Waals surface area contributed by atoms with E-state index in [-0.39, 0.29) is 5.91 Å². The number of nitrogens with zero attached hydrogens (tertiary/aromatic N) is 1. The SMILES string of the molecule is CC(=O)NCCN(Cc1sc(C)cc1Br)C(C)C(=O)O. The number of rotatable bonds is 7. The Morgan fingerprint density at radius 1 is 1.55 bits per heavy atom. The van der Waals surface area contributed by atoms with Gasteiger partial charge in [-0.05, 0) is 35.8 Å². The summed E-state index contributed by atoms with van der Waals surface area (Å²) in [5.41, 5.74) is 0. The van der Waals surface area contributed by atoms with Gasteiger partial charge < -0.3 is 10.4 Å². The summed E-state index contributed by atoms with van der Waals surface area (Å²) in [5.74, 6) is -0.974. The normalized spacial score (nSPS) is 12.4. The third kappa shape index (κ3) is 5.22. The van der Waals surface area contributed by atoms with E-state index in [0.717, 1.165) is 9.35 Å². The molecule has 1 aromatic rings. The van der Waals surface area contributed by atoms with Crippen molar-refractivity contribution in [2.24, 2.45) is 0 Å². The van der Waals surface area contributed by atoms with Crippen LogP contribution in [0.5, 0.6) is 0 Å². The number of aryl methyl sites for hydroxylation is 1. The van der Waals surface area contributed by atoms with Gasteiger partial charge in [-0.15, -0.1) is 11.3 Å². The maximum atomic E-state index is 11.2. The molecular formula is C13H19BrN2O3S. The number of aliphatic carboxylic acids is 1. The average molecular weight is 363 g/mol. The van der Waals surface area contributed by atoms with Crippen LogP contribution in [0.15, 0.2) is 10.5 Å². The minimum atomic E-state index is -0.864. The van der Waals surface area contributed by atoms with Gasteiger partial charge in [-0.25, -0.2) is 0 Å². The Balaban J connectivity index is 2.74. The maximum Gasteiger partial charge on any atom is 0.320 e. The van der Waals surface area contributed by atoms with Crippen LogP contribution in [0.2, 0.25) is 0 Å². The molecule has 1 amide bonds. The van der Waals surface area contributed by atoms with Crippen molar-refractivity contribution in [1.82, 2.24) is 10.2 Å². The van der Waals surface area contributed by atoms with Crippen LogP contribution >= 0.6 is 27.3 Å². The first-order valence-corrected chi connectivity index (χ1v) is 7.88. The Bertz CT molecular complexity index is 490. The maximum absolute atomic E-state index is 11.2. The van der Waals surface area contributed by atoms with Crippen molar-refractivity contribution in [3.63, 3.8) is 0 Å². The number of nitrogens with one attached hydrogen (secondary N) is 1. The molecule has 0 aromatic carbocycles. The first-order valence-electron chi connectivity index (χ1n) is 6.27. The zero-order chi connectivity index (χ0) is 15.3. The van der Waals surface area contributed by atoms with Gasteiger partial charge in [0.2, 0.25) is 5.91 Å². The number of amides is 1. The summed E-state index contributed by atoms with van der Waals surface area (Å²) in [4.78, 5) is 26.2. The molecule has 1 rings (SSSR count). The zero-order valence-corrected chi connectivity index (χ0v) is 14.2. The highest BCUT2D eigenvalue weighted by atomic mass is 79.9. The zero-order valence-electron chi connectivity index (χ0n) is 11.8. The molecule has 0 radical (unpaired) electrons. The molecule has 0 fully saturated rings. The summed E-state index contributed by atoms with van der Waals surface area (Å²) in [6.07, 6.45) is 0. The molecule has 1 heterocycles. The van der Waals surface area contributed by atoms with Crippen molar-refractivity contribution < 1.29 is 14.7 Å². The molecule has 1 aromatic heterocycles. The highest BCUT2D eigenvalue weighted by molar-refractivity contribution is 9.10. The molecule has 0 aliphatic heterocycles. The fraction of sp³-hybridized carbons (Fsp3) is 0.538. The topological polar surface area (TPSA) is 69.6 Å². The van der Waals surface area contributed by atoms with Crippen molar-refractivity contribution in [2.45, 2.75) is 33.4 Å². The number of hydrogen-bond acceptors (Lipinski definition) is 4. The number of halogens is 1. The van der Waals surface area contributed by atoms with E-state index in [0.29, 0.717) is 19.6 Å². The summed E-state index contributed by atoms with van der Waals surface area (Å²) < 4.78 is 1.00. The number of thiophene rings is 1. The van der Waals surface area contributed by atoms with Crippen LogP contribution in [0.3, 0.4) is 0 Å². The summed E-state index contributed by atoms with van der Waals surface area (Å²) in [6, 6.07) is 1.43. The van der Waals surface area contributed by atoms with E-state index in [4.69, 9.17) is 0 Å². The Labute approximate surface area is 131 Å². The molecule has 5 nitrogen and oxygen atoms in total. The molecule has 0 aliphatic carbocycles. The molecule has 0 saturated heterocycles. The summed E-state index contributed by atoms with van der Waals surface area (Å²) in [5, 5.41) is 11.9. The van der Waals surface area contributed by atoms with Crippen LogP contribution in [0.4, 0.5) is 0 Å². The highest BCUT2D eigenvalue weighted by Gasteiger charge is 2.22. The lowest BCUT2D eigenvalue weighted by molar-refractivity contribution is -0.142. The van der Waals surface area contributed by atoms with Crippen molar-refractivity contribution in [3.8, 4) is 0 Å². The minimum absolute atomic E-state index is 0.110. The number of hydrogen-bond donors (Lipinski definition) is 2. The van der Waals surface area contributed by atoms with Crippen LogP contribution in [0.1, 0.15) is 23.6 Å². The van der Waals surface area contributed by atoms with Crippen molar-refractivity contribution in [3.05, 3.63) is 20.3 Å². The van der Waals surface area contributed by atoms with Crippen LogP contribution in [0, 0.1) is 6.92 Å². The third-order valence-corrected chi connectivity index (χ3v) is 4.91. The van der Waals surface area contributed by atoms with Gasteiger partial charge in [0.1, 0.15) is 6.04 Å². The van der Waals surface area contributed by atoms with Gasteiger partial charge in [0.05, 0.1) is 0 Å². The molecule has 0 bridgehead atoms.